The van der Waals surface area contributed by atoms with Gasteiger partial charge in [-0.15, -0.1) is 0 Å². The van der Waals surface area contributed by atoms with Gasteiger partial charge in [-0.05, 0) is 50.2 Å². The minimum atomic E-state index is -0.119. The van der Waals surface area contributed by atoms with Crippen LogP contribution in [0.1, 0.15) is 24.3 Å². The van der Waals surface area contributed by atoms with Crippen molar-refractivity contribution in [1.29, 1.82) is 0 Å². The lowest BCUT2D eigenvalue weighted by Gasteiger charge is -2.07. The molecule has 3 heteroatoms. The van der Waals surface area contributed by atoms with Gasteiger partial charge in [-0.1, -0.05) is 17.7 Å². The van der Waals surface area contributed by atoms with Crippen molar-refractivity contribution < 1.29 is 11.0 Å². The van der Waals surface area contributed by atoms with E-state index >= 15 is 0 Å². The molecule has 0 aliphatic heterocycles. The van der Waals surface area contributed by atoms with Crippen LogP contribution in [0.25, 0.3) is 0 Å². The van der Waals surface area contributed by atoms with Gasteiger partial charge in [0.1, 0.15) is 5.75 Å². The van der Waals surface area contributed by atoms with E-state index in [9.17, 15) is 4.79 Å². The van der Waals surface area contributed by atoms with Gasteiger partial charge in [-0.2, -0.15) is 0 Å². The van der Waals surface area contributed by atoms with E-state index < -0.39 is 0 Å². The first-order chi connectivity index (χ1) is 9.19. The molecule has 100 valence electrons. The van der Waals surface area contributed by atoms with E-state index in [1.807, 2.05) is 38.1 Å². The van der Waals surface area contributed by atoms with Crippen LogP contribution >= 0.6 is 0 Å². The molecule has 2 aromatic rings. The van der Waals surface area contributed by atoms with E-state index in [2.05, 4.69) is 5.32 Å². The number of hydrogen-bond donors (Lipinski definition) is 1. The topological polar surface area (TPSA) is 38.3 Å². The standard InChI is InChI=1S/C16H17NO2.H2/c1-3-19-15-10-6-13(7-11-15)16(18)17-14-8-4-12(2)5-9-14;/h4-11H,3H2,1-2H3,(H,17,18);1H. The van der Waals surface area contributed by atoms with Crippen LogP contribution in [-0.2, 0) is 0 Å². The molecule has 1 N–H and O–H groups in total. The van der Waals surface area contributed by atoms with Crippen LogP contribution < -0.4 is 10.1 Å². The number of benzene rings is 2. The third-order valence-electron chi connectivity index (χ3n) is 2.74. The molecule has 0 aliphatic rings. The maximum atomic E-state index is 12.0. The van der Waals surface area contributed by atoms with Crippen molar-refractivity contribution in [3.8, 4) is 5.75 Å². The highest BCUT2D eigenvalue weighted by molar-refractivity contribution is 6.04. The van der Waals surface area contributed by atoms with Crippen LogP contribution in [0.3, 0.4) is 0 Å². The molecule has 0 radical (unpaired) electrons. The Kier molecular flexibility index (Phi) is 4.18. The average Bonchev–Trinajstić information content (AvgIpc) is 2.42. The largest absolute Gasteiger partial charge is 0.494 e. The smallest absolute Gasteiger partial charge is 0.255 e. The van der Waals surface area contributed by atoms with Gasteiger partial charge in [0.15, 0.2) is 0 Å². The van der Waals surface area contributed by atoms with Crippen molar-refractivity contribution in [3.63, 3.8) is 0 Å². The van der Waals surface area contributed by atoms with Gasteiger partial charge in [-0.25, -0.2) is 0 Å². The van der Waals surface area contributed by atoms with Gasteiger partial charge in [-0.3, -0.25) is 4.79 Å². The monoisotopic (exact) mass is 257 g/mol. The molecule has 0 saturated heterocycles. The summed E-state index contributed by atoms with van der Waals surface area (Å²) in [6.07, 6.45) is 0. The highest BCUT2D eigenvalue weighted by atomic mass is 16.5. The fraction of sp³-hybridized carbons (Fsp3) is 0.188. The van der Waals surface area contributed by atoms with E-state index in [0.717, 1.165) is 11.4 Å². The molecule has 0 atom stereocenters. The second-order valence-corrected chi connectivity index (χ2v) is 4.28. The van der Waals surface area contributed by atoms with Gasteiger partial charge < -0.3 is 10.1 Å². The van der Waals surface area contributed by atoms with E-state index in [-0.39, 0.29) is 7.33 Å². The molecule has 0 aliphatic carbocycles. The first-order valence-corrected chi connectivity index (χ1v) is 6.30. The molecule has 3 nitrogen and oxygen atoms in total. The zero-order valence-electron chi connectivity index (χ0n) is 11.1. The maximum absolute atomic E-state index is 12.0. The normalized spacial score (nSPS) is 10.0. The number of carbonyl (C=O) groups is 1. The molecule has 2 aromatic carbocycles. The fourth-order valence-corrected chi connectivity index (χ4v) is 1.71. The van der Waals surface area contributed by atoms with Crippen LogP contribution in [0.15, 0.2) is 48.5 Å². The minimum Gasteiger partial charge on any atom is -0.494 e. The third-order valence-corrected chi connectivity index (χ3v) is 2.74. The summed E-state index contributed by atoms with van der Waals surface area (Å²) in [7, 11) is 0. The van der Waals surface area contributed by atoms with Crippen LogP contribution in [0.4, 0.5) is 5.69 Å². The molecular weight excluding hydrogens is 238 g/mol. The molecule has 0 unspecified atom stereocenters. The van der Waals surface area contributed by atoms with Crippen molar-refractivity contribution in [2.75, 3.05) is 11.9 Å². The summed E-state index contributed by atoms with van der Waals surface area (Å²) in [5.41, 5.74) is 2.58. The van der Waals surface area contributed by atoms with Gasteiger partial charge in [0.2, 0.25) is 0 Å². The number of ether oxygens (including phenoxy) is 1. The van der Waals surface area contributed by atoms with Crippen LogP contribution in [0.2, 0.25) is 0 Å². The molecule has 0 spiro atoms. The third kappa shape index (κ3) is 3.58. The maximum Gasteiger partial charge on any atom is 0.255 e. The van der Waals surface area contributed by atoms with Crippen molar-refractivity contribution in [2.45, 2.75) is 13.8 Å². The molecule has 1 amide bonds. The van der Waals surface area contributed by atoms with E-state index in [1.165, 1.54) is 5.56 Å². The number of hydrogen-bond acceptors (Lipinski definition) is 2. The van der Waals surface area contributed by atoms with Gasteiger partial charge in [0.25, 0.3) is 5.91 Å². The van der Waals surface area contributed by atoms with Crippen molar-refractivity contribution in [3.05, 3.63) is 59.7 Å². The Balaban J connectivity index is 0.00000200. The van der Waals surface area contributed by atoms with Gasteiger partial charge >= 0.3 is 0 Å². The first kappa shape index (κ1) is 13.1. The lowest BCUT2D eigenvalue weighted by molar-refractivity contribution is 0.102. The number of carbonyl (C=O) groups excluding carboxylic acids is 1. The highest BCUT2D eigenvalue weighted by Gasteiger charge is 2.05. The number of anilines is 1. The molecular formula is C16H19NO2. The van der Waals surface area contributed by atoms with E-state index in [1.54, 1.807) is 24.3 Å². The first-order valence-electron chi connectivity index (χ1n) is 6.30. The Labute approximate surface area is 114 Å². The molecule has 0 aromatic heterocycles. The molecule has 0 saturated carbocycles. The average molecular weight is 257 g/mol. The van der Waals surface area contributed by atoms with Crippen LogP contribution in [0, 0.1) is 6.92 Å². The predicted octanol–water partition coefficient (Wildman–Crippen LogP) is 3.89. The van der Waals surface area contributed by atoms with E-state index in [4.69, 9.17) is 4.74 Å². The number of nitrogens with one attached hydrogen (secondary N) is 1. The van der Waals surface area contributed by atoms with E-state index in [0.29, 0.717) is 12.2 Å². The van der Waals surface area contributed by atoms with Crippen molar-refractivity contribution >= 4 is 11.6 Å². The lowest BCUT2D eigenvalue weighted by Crippen LogP contribution is -2.11. The second-order valence-electron chi connectivity index (χ2n) is 4.28. The summed E-state index contributed by atoms with van der Waals surface area (Å²) in [5.74, 6) is 0.654. The summed E-state index contributed by atoms with van der Waals surface area (Å²) in [4.78, 5) is 12.0. The molecule has 0 bridgehead atoms. The SMILES string of the molecule is CCOc1ccc(C(=O)Nc2ccc(C)cc2)cc1.[HH]. The highest BCUT2D eigenvalue weighted by Crippen LogP contribution is 2.14. The Bertz CT molecular complexity index is 550. The van der Waals surface area contributed by atoms with Crippen molar-refractivity contribution in [2.24, 2.45) is 0 Å². The molecule has 19 heavy (non-hydrogen) atoms. The number of amides is 1. The number of aryl methyl sites for hydroxylation is 1. The zero-order chi connectivity index (χ0) is 13.7. The second kappa shape index (κ2) is 6.05. The Morgan fingerprint density at radius 3 is 2.32 bits per heavy atom. The Morgan fingerprint density at radius 1 is 1.11 bits per heavy atom. The minimum absolute atomic E-state index is 0. The molecule has 0 heterocycles. The number of rotatable bonds is 4. The fourth-order valence-electron chi connectivity index (χ4n) is 1.71. The molecule has 2 rings (SSSR count). The lowest BCUT2D eigenvalue weighted by atomic mass is 10.2. The Hall–Kier alpha value is -2.29. The summed E-state index contributed by atoms with van der Waals surface area (Å²) in [5, 5.41) is 2.86. The molecule has 0 fully saturated rings. The summed E-state index contributed by atoms with van der Waals surface area (Å²) >= 11 is 0. The summed E-state index contributed by atoms with van der Waals surface area (Å²) in [6, 6.07) is 14.8. The van der Waals surface area contributed by atoms with Gasteiger partial charge in [0.05, 0.1) is 6.61 Å². The Morgan fingerprint density at radius 2 is 1.74 bits per heavy atom. The van der Waals surface area contributed by atoms with Gasteiger partial charge in [0, 0.05) is 12.7 Å². The quantitative estimate of drug-likeness (QED) is 0.902. The van der Waals surface area contributed by atoms with Crippen LogP contribution in [0.5, 0.6) is 5.75 Å². The van der Waals surface area contributed by atoms with Crippen LogP contribution in [-0.4, -0.2) is 12.5 Å². The summed E-state index contributed by atoms with van der Waals surface area (Å²) in [6.45, 7) is 4.56. The zero-order valence-corrected chi connectivity index (χ0v) is 11.1. The van der Waals surface area contributed by atoms with Crippen molar-refractivity contribution in [1.82, 2.24) is 0 Å². The predicted molar refractivity (Wildman–Crippen MR) is 78.9 cm³/mol. The summed E-state index contributed by atoms with van der Waals surface area (Å²) < 4.78 is 5.34.